The smallest absolute Gasteiger partial charge is 0.164 e. The number of aromatic nitrogens is 3. The van der Waals surface area contributed by atoms with Crippen LogP contribution in [-0.2, 0) is 6.42 Å². The van der Waals surface area contributed by atoms with Crippen LogP contribution in [0.25, 0.3) is 16.9 Å². The predicted molar refractivity (Wildman–Crippen MR) is 89.8 cm³/mol. The summed E-state index contributed by atoms with van der Waals surface area (Å²) in [6, 6.07) is 11.2. The summed E-state index contributed by atoms with van der Waals surface area (Å²) in [5.74, 6) is 1.92. The number of hydrogen-bond donors (Lipinski definition) is 2. The van der Waals surface area contributed by atoms with Gasteiger partial charge in [-0.3, -0.25) is 4.57 Å². The maximum absolute atomic E-state index is 9.83. The number of piperidine rings is 1. The fourth-order valence-electron chi connectivity index (χ4n) is 3.34. The molecule has 3 aromatic rings. The molecule has 1 aromatic carbocycles. The molecule has 5 nitrogen and oxygen atoms in total. The van der Waals surface area contributed by atoms with Gasteiger partial charge in [0.25, 0.3) is 0 Å². The molecule has 0 amide bonds. The van der Waals surface area contributed by atoms with Gasteiger partial charge in [-0.2, -0.15) is 0 Å². The van der Waals surface area contributed by atoms with E-state index in [1.807, 2.05) is 24.3 Å². The zero-order valence-electron chi connectivity index (χ0n) is 12.9. The van der Waals surface area contributed by atoms with Crippen LogP contribution in [0.15, 0.2) is 42.6 Å². The molecule has 1 aliphatic heterocycles. The monoisotopic (exact) mass is 308 g/mol. The summed E-state index contributed by atoms with van der Waals surface area (Å²) in [4.78, 5) is 9.32. The molecule has 0 radical (unpaired) electrons. The van der Waals surface area contributed by atoms with E-state index in [9.17, 15) is 5.11 Å². The number of imidazole rings is 1. The second-order valence-corrected chi connectivity index (χ2v) is 6.13. The van der Waals surface area contributed by atoms with E-state index in [0.717, 1.165) is 42.2 Å². The number of nitrogens with zero attached hydrogens (tertiary/aromatic N) is 3. The Morgan fingerprint density at radius 2 is 2.04 bits per heavy atom. The third kappa shape index (κ3) is 2.80. The summed E-state index contributed by atoms with van der Waals surface area (Å²) in [6.45, 7) is 2.16. The number of aromatic hydroxyl groups is 1. The molecule has 0 unspecified atom stereocenters. The van der Waals surface area contributed by atoms with E-state index >= 15 is 0 Å². The van der Waals surface area contributed by atoms with E-state index in [1.165, 1.54) is 12.8 Å². The van der Waals surface area contributed by atoms with Crippen molar-refractivity contribution in [2.24, 2.45) is 5.92 Å². The number of nitrogens with one attached hydrogen (secondary N) is 1. The third-order valence-corrected chi connectivity index (χ3v) is 4.50. The fourth-order valence-corrected chi connectivity index (χ4v) is 3.34. The summed E-state index contributed by atoms with van der Waals surface area (Å²) < 4.78 is 2.08. The molecule has 0 spiro atoms. The van der Waals surface area contributed by atoms with Gasteiger partial charge in [0.1, 0.15) is 17.1 Å². The minimum Gasteiger partial charge on any atom is -0.508 e. The summed E-state index contributed by atoms with van der Waals surface area (Å²) in [6.07, 6.45) is 5.08. The lowest BCUT2D eigenvalue weighted by atomic mass is 9.94. The molecule has 0 bridgehead atoms. The Kier molecular flexibility index (Phi) is 3.71. The number of phenolic OH excluding ortho intramolecular Hbond substituents is 1. The minimum atomic E-state index is 0.257. The Morgan fingerprint density at radius 1 is 1.17 bits per heavy atom. The first kappa shape index (κ1) is 14.2. The first-order valence-electron chi connectivity index (χ1n) is 8.14. The van der Waals surface area contributed by atoms with Gasteiger partial charge < -0.3 is 10.4 Å². The molecule has 0 saturated carbocycles. The van der Waals surface area contributed by atoms with Gasteiger partial charge in [-0.15, -0.1) is 0 Å². The van der Waals surface area contributed by atoms with Crippen molar-refractivity contribution in [1.29, 1.82) is 0 Å². The molecule has 23 heavy (non-hydrogen) atoms. The fraction of sp³-hybridized carbons (Fsp3) is 0.333. The lowest BCUT2D eigenvalue weighted by Gasteiger charge is -2.22. The number of benzene rings is 1. The van der Waals surface area contributed by atoms with Crippen molar-refractivity contribution >= 4 is 11.2 Å². The SMILES string of the molecule is Oc1cccc(-n2c(CC3CCNCC3)nc3cccnc32)c1. The van der Waals surface area contributed by atoms with Crippen molar-refractivity contribution in [1.82, 2.24) is 19.9 Å². The molecule has 2 aromatic heterocycles. The Balaban J connectivity index is 1.81. The molecule has 3 heterocycles. The topological polar surface area (TPSA) is 63.0 Å². The Labute approximate surface area is 135 Å². The largest absolute Gasteiger partial charge is 0.508 e. The van der Waals surface area contributed by atoms with Crippen LogP contribution < -0.4 is 5.32 Å². The van der Waals surface area contributed by atoms with Crippen LogP contribution in [0.1, 0.15) is 18.7 Å². The molecule has 1 saturated heterocycles. The second kappa shape index (κ2) is 6.01. The highest BCUT2D eigenvalue weighted by Crippen LogP contribution is 2.26. The molecule has 0 aliphatic carbocycles. The van der Waals surface area contributed by atoms with E-state index in [-0.39, 0.29) is 5.75 Å². The molecule has 2 N–H and O–H groups in total. The van der Waals surface area contributed by atoms with Crippen molar-refractivity contribution < 1.29 is 5.11 Å². The highest BCUT2D eigenvalue weighted by molar-refractivity contribution is 5.74. The van der Waals surface area contributed by atoms with Crippen LogP contribution >= 0.6 is 0 Å². The van der Waals surface area contributed by atoms with Crippen LogP contribution in [0.2, 0.25) is 0 Å². The summed E-state index contributed by atoms with van der Waals surface area (Å²) in [5.41, 5.74) is 2.66. The average molecular weight is 308 g/mol. The lowest BCUT2D eigenvalue weighted by molar-refractivity contribution is 0.366. The molecule has 0 atom stereocenters. The number of pyridine rings is 1. The number of rotatable bonds is 3. The Morgan fingerprint density at radius 3 is 2.87 bits per heavy atom. The quantitative estimate of drug-likeness (QED) is 0.781. The average Bonchev–Trinajstić information content (AvgIpc) is 2.93. The van der Waals surface area contributed by atoms with Crippen LogP contribution in [0.4, 0.5) is 0 Å². The molecule has 1 fully saturated rings. The normalized spacial score (nSPS) is 16.0. The number of phenols is 1. The molecule has 1 aliphatic rings. The van der Waals surface area contributed by atoms with E-state index in [1.54, 1.807) is 18.3 Å². The zero-order valence-corrected chi connectivity index (χ0v) is 12.9. The van der Waals surface area contributed by atoms with Gasteiger partial charge in [0.15, 0.2) is 5.65 Å². The summed E-state index contributed by atoms with van der Waals surface area (Å²) in [5, 5.41) is 13.2. The maximum Gasteiger partial charge on any atom is 0.164 e. The van der Waals surface area contributed by atoms with E-state index < -0.39 is 0 Å². The van der Waals surface area contributed by atoms with Gasteiger partial charge in [0.05, 0.1) is 5.69 Å². The van der Waals surface area contributed by atoms with Gasteiger partial charge in [0.2, 0.25) is 0 Å². The van der Waals surface area contributed by atoms with Crippen molar-refractivity contribution in [2.45, 2.75) is 19.3 Å². The van der Waals surface area contributed by atoms with Gasteiger partial charge in [-0.05, 0) is 56.1 Å². The second-order valence-electron chi connectivity index (χ2n) is 6.13. The maximum atomic E-state index is 9.83. The van der Waals surface area contributed by atoms with Crippen molar-refractivity contribution in [2.75, 3.05) is 13.1 Å². The molecular weight excluding hydrogens is 288 g/mol. The molecular formula is C18H20N4O. The third-order valence-electron chi connectivity index (χ3n) is 4.50. The van der Waals surface area contributed by atoms with Crippen LogP contribution in [0, 0.1) is 5.92 Å². The van der Waals surface area contributed by atoms with Crippen LogP contribution in [-0.4, -0.2) is 32.7 Å². The number of hydrogen-bond acceptors (Lipinski definition) is 4. The van der Waals surface area contributed by atoms with Gasteiger partial charge in [-0.25, -0.2) is 9.97 Å². The Hall–Kier alpha value is -2.40. The van der Waals surface area contributed by atoms with Crippen LogP contribution in [0.5, 0.6) is 5.75 Å². The van der Waals surface area contributed by atoms with Crippen LogP contribution in [0.3, 0.4) is 0 Å². The Bertz CT molecular complexity index is 821. The molecule has 118 valence electrons. The highest BCUT2D eigenvalue weighted by atomic mass is 16.3. The lowest BCUT2D eigenvalue weighted by Crippen LogP contribution is -2.29. The van der Waals surface area contributed by atoms with Crippen molar-refractivity contribution in [3.63, 3.8) is 0 Å². The zero-order chi connectivity index (χ0) is 15.6. The van der Waals surface area contributed by atoms with Crippen molar-refractivity contribution in [3.8, 4) is 11.4 Å². The van der Waals surface area contributed by atoms with Gasteiger partial charge in [0, 0.05) is 18.7 Å². The highest BCUT2D eigenvalue weighted by Gasteiger charge is 2.19. The first-order valence-corrected chi connectivity index (χ1v) is 8.14. The standard InChI is InChI=1S/C18H20N4O/c23-15-4-1-3-14(12-15)22-17(11-13-6-9-19-10-7-13)21-16-5-2-8-20-18(16)22/h1-5,8,12-13,19,23H,6-7,9-11H2. The predicted octanol–water partition coefficient (Wildman–Crippen LogP) is 2.67. The molecule has 4 rings (SSSR count). The first-order chi connectivity index (χ1) is 11.3. The van der Waals surface area contributed by atoms with Gasteiger partial charge >= 0.3 is 0 Å². The minimum absolute atomic E-state index is 0.257. The summed E-state index contributed by atoms with van der Waals surface area (Å²) in [7, 11) is 0. The summed E-state index contributed by atoms with van der Waals surface area (Å²) >= 11 is 0. The molecule has 5 heteroatoms. The van der Waals surface area contributed by atoms with Crippen molar-refractivity contribution in [3.05, 3.63) is 48.4 Å². The van der Waals surface area contributed by atoms with E-state index in [4.69, 9.17) is 4.98 Å². The van der Waals surface area contributed by atoms with E-state index in [2.05, 4.69) is 14.9 Å². The number of fused-ring (bicyclic) bond motifs is 1. The van der Waals surface area contributed by atoms with E-state index in [0.29, 0.717) is 5.92 Å². The van der Waals surface area contributed by atoms with Gasteiger partial charge in [-0.1, -0.05) is 6.07 Å².